The molecule has 2 aliphatic heterocycles. The molecule has 2 aliphatic rings. The monoisotopic (exact) mass is 438 g/mol. The van der Waals surface area contributed by atoms with Crippen LogP contribution in [0.25, 0.3) is 11.1 Å². The van der Waals surface area contributed by atoms with E-state index in [1.54, 1.807) is 0 Å². The van der Waals surface area contributed by atoms with Crippen LogP contribution < -0.4 is 5.56 Å². The third-order valence-electron chi connectivity index (χ3n) is 6.94. The van der Waals surface area contributed by atoms with Gasteiger partial charge in [0.25, 0.3) is 5.56 Å². The molecule has 5 heteroatoms. The van der Waals surface area contributed by atoms with Crippen molar-refractivity contribution in [1.29, 1.82) is 5.26 Å². The molecule has 0 N–H and O–H groups in total. The molecule has 0 spiro atoms. The first-order chi connectivity index (χ1) is 16.0. The number of hydrogen-bond acceptors (Lipinski definition) is 4. The van der Waals surface area contributed by atoms with Crippen molar-refractivity contribution in [3.05, 3.63) is 93.4 Å². The lowest BCUT2D eigenvalue weighted by molar-refractivity contribution is 0.114. The molecule has 0 aliphatic carbocycles. The van der Waals surface area contributed by atoms with Crippen molar-refractivity contribution < 1.29 is 0 Å². The topological polar surface area (TPSA) is 52.3 Å². The number of piperidine rings is 1. The molecule has 2 bridgehead atoms. The Hall–Kier alpha value is -3.20. The summed E-state index contributed by atoms with van der Waals surface area (Å²) in [6, 6.07) is 22.6. The number of benzene rings is 2. The van der Waals surface area contributed by atoms with Gasteiger partial charge in [-0.3, -0.25) is 9.69 Å². The Bertz CT molecular complexity index is 1270. The summed E-state index contributed by atoms with van der Waals surface area (Å²) in [7, 11) is 4.11. The summed E-state index contributed by atoms with van der Waals surface area (Å²) in [5, 5.41) is 9.20. The van der Waals surface area contributed by atoms with Crippen LogP contribution in [-0.2, 0) is 19.6 Å². The molecule has 1 saturated heterocycles. The van der Waals surface area contributed by atoms with E-state index in [9.17, 15) is 10.1 Å². The third-order valence-corrected chi connectivity index (χ3v) is 6.94. The van der Waals surface area contributed by atoms with Crippen LogP contribution in [0.3, 0.4) is 0 Å². The smallest absolute Gasteiger partial charge is 0.258 e. The number of rotatable bonds is 5. The molecule has 0 unspecified atom stereocenters. The number of aromatic nitrogens is 1. The van der Waals surface area contributed by atoms with E-state index in [1.165, 1.54) is 16.8 Å². The maximum absolute atomic E-state index is 13.6. The van der Waals surface area contributed by atoms with Crippen LogP contribution in [0.15, 0.2) is 65.5 Å². The number of nitrogens with zero attached hydrogens (tertiary/aromatic N) is 4. The molecular weight excluding hydrogens is 408 g/mol. The summed E-state index contributed by atoms with van der Waals surface area (Å²) < 4.78 is 2.05. The fourth-order valence-corrected chi connectivity index (χ4v) is 5.64. The highest BCUT2D eigenvalue weighted by atomic mass is 16.1. The average molecular weight is 439 g/mol. The lowest BCUT2D eigenvalue weighted by Gasteiger charge is -2.43. The molecule has 2 aromatic carbocycles. The predicted molar refractivity (Wildman–Crippen MR) is 131 cm³/mol. The summed E-state index contributed by atoms with van der Waals surface area (Å²) in [6.45, 7) is 4.38. The van der Waals surface area contributed by atoms with Crippen molar-refractivity contribution in [3.63, 3.8) is 0 Å². The van der Waals surface area contributed by atoms with Crippen LogP contribution in [-0.4, -0.2) is 41.6 Å². The number of pyridine rings is 1. The minimum atomic E-state index is 0.142. The molecule has 2 atom stereocenters. The summed E-state index contributed by atoms with van der Waals surface area (Å²) in [6.07, 6.45) is 1.14. The van der Waals surface area contributed by atoms with Crippen molar-refractivity contribution in [3.8, 4) is 17.2 Å². The molecule has 33 heavy (non-hydrogen) atoms. The molecule has 168 valence electrons. The molecule has 1 fully saturated rings. The zero-order chi connectivity index (χ0) is 22.9. The molecule has 0 saturated carbocycles. The van der Waals surface area contributed by atoms with Crippen LogP contribution >= 0.6 is 0 Å². The van der Waals surface area contributed by atoms with E-state index in [-0.39, 0.29) is 5.56 Å². The largest absolute Gasteiger partial charge is 0.311 e. The SMILES string of the molecule is CN(C)Cc1ccccc1-c1ccc2n(c1=O)C[C@H]1C[C@@H]2CN(Cc2cccc(C#N)c2)C1. The number of likely N-dealkylation sites (tertiary alicyclic amines) is 1. The van der Waals surface area contributed by atoms with Crippen LogP contribution in [0.5, 0.6) is 0 Å². The van der Waals surface area contributed by atoms with E-state index >= 15 is 0 Å². The van der Waals surface area contributed by atoms with Gasteiger partial charge in [0.2, 0.25) is 0 Å². The molecule has 3 heterocycles. The van der Waals surface area contributed by atoms with E-state index in [0.29, 0.717) is 17.4 Å². The quantitative estimate of drug-likeness (QED) is 0.603. The van der Waals surface area contributed by atoms with Crippen LogP contribution in [0, 0.1) is 17.2 Å². The van der Waals surface area contributed by atoms with Gasteiger partial charge < -0.3 is 9.47 Å². The number of fused-ring (bicyclic) bond motifs is 4. The van der Waals surface area contributed by atoms with E-state index in [0.717, 1.165) is 50.3 Å². The van der Waals surface area contributed by atoms with Gasteiger partial charge in [-0.25, -0.2) is 0 Å². The van der Waals surface area contributed by atoms with Crippen LogP contribution in [0.1, 0.15) is 34.7 Å². The summed E-state index contributed by atoms with van der Waals surface area (Å²) in [5.74, 6) is 0.843. The zero-order valence-electron chi connectivity index (χ0n) is 19.4. The van der Waals surface area contributed by atoms with Gasteiger partial charge >= 0.3 is 0 Å². The average Bonchev–Trinajstić information content (AvgIpc) is 2.80. The van der Waals surface area contributed by atoms with E-state index in [2.05, 4.69) is 54.2 Å². The molecule has 5 nitrogen and oxygen atoms in total. The summed E-state index contributed by atoms with van der Waals surface area (Å²) >= 11 is 0. The summed E-state index contributed by atoms with van der Waals surface area (Å²) in [5.41, 5.74) is 6.23. The Balaban J connectivity index is 1.43. The Morgan fingerprint density at radius 3 is 2.67 bits per heavy atom. The normalized spacial score (nSPS) is 19.8. The number of nitriles is 1. The Labute approximate surface area is 195 Å². The molecular formula is C28H30N4O. The first-order valence-corrected chi connectivity index (χ1v) is 11.7. The molecule has 5 rings (SSSR count). The fraction of sp³-hybridized carbons (Fsp3) is 0.357. The first kappa shape index (κ1) is 21.6. The Morgan fingerprint density at radius 2 is 1.85 bits per heavy atom. The second-order valence-corrected chi connectivity index (χ2v) is 9.79. The standard InChI is InChI=1S/C28H30N4O/c1-30(2)18-23-8-3-4-9-25(23)26-10-11-27-24-13-22(17-32(27)28(26)33)16-31(19-24)15-21-7-5-6-20(12-21)14-29/h3-12,22,24H,13,15-19H2,1-2H3/t22-,24+/m0/s1. The Kier molecular flexibility index (Phi) is 5.88. The number of hydrogen-bond donors (Lipinski definition) is 0. The van der Waals surface area contributed by atoms with Crippen LogP contribution in [0.2, 0.25) is 0 Å². The minimum absolute atomic E-state index is 0.142. The van der Waals surface area contributed by atoms with Gasteiger partial charge in [-0.2, -0.15) is 5.26 Å². The van der Waals surface area contributed by atoms with Gasteiger partial charge in [-0.15, -0.1) is 0 Å². The maximum Gasteiger partial charge on any atom is 0.258 e. The molecule has 1 aromatic heterocycles. The van der Waals surface area contributed by atoms with E-state index < -0.39 is 0 Å². The third kappa shape index (κ3) is 4.37. The van der Waals surface area contributed by atoms with E-state index in [1.807, 2.05) is 41.0 Å². The van der Waals surface area contributed by atoms with Gasteiger partial charge in [0.05, 0.1) is 11.6 Å². The zero-order valence-corrected chi connectivity index (χ0v) is 19.4. The van der Waals surface area contributed by atoms with Gasteiger partial charge in [-0.05, 0) is 67.4 Å². The van der Waals surface area contributed by atoms with Crippen molar-refractivity contribution >= 4 is 0 Å². The highest BCUT2D eigenvalue weighted by molar-refractivity contribution is 5.66. The van der Waals surface area contributed by atoms with Gasteiger partial charge in [0.15, 0.2) is 0 Å². The lowest BCUT2D eigenvalue weighted by Crippen LogP contribution is -2.47. The van der Waals surface area contributed by atoms with Crippen molar-refractivity contribution in [1.82, 2.24) is 14.4 Å². The Morgan fingerprint density at radius 1 is 1.00 bits per heavy atom. The molecule has 0 amide bonds. The lowest BCUT2D eigenvalue weighted by atomic mass is 9.82. The highest BCUT2D eigenvalue weighted by Crippen LogP contribution is 2.36. The predicted octanol–water partition coefficient (Wildman–Crippen LogP) is 4.07. The van der Waals surface area contributed by atoms with Gasteiger partial charge in [0.1, 0.15) is 0 Å². The summed E-state index contributed by atoms with van der Waals surface area (Å²) in [4.78, 5) is 18.3. The molecule has 3 aromatic rings. The second-order valence-electron chi connectivity index (χ2n) is 9.79. The van der Waals surface area contributed by atoms with Gasteiger partial charge in [0, 0.05) is 49.9 Å². The van der Waals surface area contributed by atoms with Crippen LogP contribution in [0.4, 0.5) is 0 Å². The maximum atomic E-state index is 13.6. The first-order valence-electron chi connectivity index (χ1n) is 11.7. The van der Waals surface area contributed by atoms with Crippen molar-refractivity contribution in [2.24, 2.45) is 5.92 Å². The van der Waals surface area contributed by atoms with Crippen molar-refractivity contribution in [2.45, 2.75) is 32.0 Å². The highest BCUT2D eigenvalue weighted by Gasteiger charge is 2.35. The fourth-order valence-electron chi connectivity index (χ4n) is 5.64. The van der Waals surface area contributed by atoms with Gasteiger partial charge in [-0.1, -0.05) is 36.4 Å². The second kappa shape index (κ2) is 8.97. The molecule has 0 radical (unpaired) electrons. The van der Waals surface area contributed by atoms with Crippen molar-refractivity contribution in [2.75, 3.05) is 27.2 Å². The minimum Gasteiger partial charge on any atom is -0.311 e. The van der Waals surface area contributed by atoms with E-state index in [4.69, 9.17) is 0 Å².